The van der Waals surface area contributed by atoms with E-state index in [1.165, 1.54) is 6.20 Å². The van der Waals surface area contributed by atoms with Crippen LogP contribution in [0.1, 0.15) is 31.1 Å². The van der Waals surface area contributed by atoms with Gasteiger partial charge in [0.15, 0.2) is 5.96 Å². The molecule has 1 saturated heterocycles. The molecule has 0 aliphatic carbocycles. The summed E-state index contributed by atoms with van der Waals surface area (Å²) in [5.41, 5.74) is 0.0321. The van der Waals surface area contributed by atoms with Crippen LogP contribution in [0.5, 0.6) is 0 Å². The highest BCUT2D eigenvalue weighted by Gasteiger charge is 2.34. The first-order valence-corrected chi connectivity index (χ1v) is 8.92. The highest BCUT2D eigenvalue weighted by molar-refractivity contribution is 14.0. The summed E-state index contributed by atoms with van der Waals surface area (Å²) in [7, 11) is 1.67. The molecule has 2 heterocycles. The van der Waals surface area contributed by atoms with E-state index >= 15 is 0 Å². The van der Waals surface area contributed by atoms with E-state index in [4.69, 9.17) is 4.74 Å². The second-order valence-electron chi connectivity index (χ2n) is 7.22. The maximum Gasteiger partial charge on any atom is 0.410 e. The molecule has 156 valence electrons. The zero-order valence-corrected chi connectivity index (χ0v) is 19.0. The van der Waals surface area contributed by atoms with Crippen molar-refractivity contribution in [3.63, 3.8) is 0 Å². The number of halogens is 1. The maximum absolute atomic E-state index is 11.9. The van der Waals surface area contributed by atoms with E-state index in [9.17, 15) is 9.59 Å². The number of hydrogen-bond acceptors (Lipinski definition) is 5. The number of amides is 2. The molecule has 2 rings (SSSR count). The average Bonchev–Trinajstić information content (AvgIpc) is 2.58. The van der Waals surface area contributed by atoms with Crippen molar-refractivity contribution in [2.45, 2.75) is 32.4 Å². The average molecular weight is 504 g/mol. The Morgan fingerprint density at radius 2 is 1.96 bits per heavy atom. The third-order valence-electron chi connectivity index (χ3n) is 3.72. The van der Waals surface area contributed by atoms with Gasteiger partial charge < -0.3 is 25.6 Å². The molecule has 1 fully saturated rings. The monoisotopic (exact) mass is 504 g/mol. The van der Waals surface area contributed by atoms with E-state index in [1.807, 2.05) is 20.8 Å². The Bertz CT molecular complexity index is 672. The second kappa shape index (κ2) is 11.0. The van der Waals surface area contributed by atoms with Gasteiger partial charge in [-0.05, 0) is 32.9 Å². The number of guanidine groups is 1. The van der Waals surface area contributed by atoms with Crippen LogP contribution in [0.4, 0.5) is 4.79 Å². The molecule has 10 heteroatoms. The van der Waals surface area contributed by atoms with Gasteiger partial charge in [-0.1, -0.05) is 0 Å². The Morgan fingerprint density at radius 3 is 2.54 bits per heavy atom. The Hall–Kier alpha value is -2.11. The van der Waals surface area contributed by atoms with Crippen molar-refractivity contribution in [2.75, 3.05) is 33.2 Å². The SMILES string of the molecule is CN=C(NCCNC(=O)c1cccnc1)NC1CN(C(=O)OC(C)(C)C)C1.I. The van der Waals surface area contributed by atoms with Gasteiger partial charge in [0.05, 0.1) is 11.6 Å². The predicted octanol–water partition coefficient (Wildman–Crippen LogP) is 1.21. The Balaban J connectivity index is 0.00000392. The fourth-order valence-electron chi connectivity index (χ4n) is 2.39. The van der Waals surface area contributed by atoms with Crippen LogP contribution in [-0.4, -0.2) is 72.7 Å². The van der Waals surface area contributed by atoms with Crippen LogP contribution in [0.2, 0.25) is 0 Å². The fourth-order valence-corrected chi connectivity index (χ4v) is 2.39. The summed E-state index contributed by atoms with van der Waals surface area (Å²) >= 11 is 0. The lowest BCUT2D eigenvalue weighted by Crippen LogP contribution is -2.63. The van der Waals surface area contributed by atoms with Crippen molar-refractivity contribution in [2.24, 2.45) is 4.99 Å². The Labute approximate surface area is 182 Å². The second-order valence-corrected chi connectivity index (χ2v) is 7.22. The van der Waals surface area contributed by atoms with E-state index in [2.05, 4.69) is 25.9 Å². The zero-order chi connectivity index (χ0) is 19.9. The van der Waals surface area contributed by atoms with Gasteiger partial charge in [0.2, 0.25) is 0 Å². The summed E-state index contributed by atoms with van der Waals surface area (Å²) in [5, 5.41) is 9.18. The topological polar surface area (TPSA) is 108 Å². The lowest BCUT2D eigenvalue weighted by Gasteiger charge is -2.40. The van der Waals surface area contributed by atoms with Crippen molar-refractivity contribution in [1.29, 1.82) is 0 Å². The Kier molecular flexibility index (Phi) is 9.42. The molecule has 0 atom stereocenters. The van der Waals surface area contributed by atoms with Crippen LogP contribution in [0.15, 0.2) is 29.5 Å². The first-order chi connectivity index (χ1) is 12.8. The standard InChI is InChI=1S/C18H28N6O3.HI/c1-18(2,3)27-17(26)24-11-14(12-24)23-16(19-4)22-9-8-21-15(25)13-6-5-7-20-10-13;/h5-7,10,14H,8-9,11-12H2,1-4H3,(H,21,25)(H2,19,22,23);1H. The Morgan fingerprint density at radius 1 is 1.29 bits per heavy atom. The predicted molar refractivity (Wildman–Crippen MR) is 118 cm³/mol. The molecule has 0 spiro atoms. The molecule has 1 aromatic heterocycles. The van der Waals surface area contributed by atoms with Crippen LogP contribution in [0.3, 0.4) is 0 Å². The number of ether oxygens (including phenoxy) is 1. The van der Waals surface area contributed by atoms with Crippen molar-refractivity contribution in [3.8, 4) is 0 Å². The van der Waals surface area contributed by atoms with E-state index in [-0.39, 0.29) is 42.0 Å². The number of aromatic nitrogens is 1. The first-order valence-electron chi connectivity index (χ1n) is 8.92. The molecule has 9 nitrogen and oxygen atoms in total. The number of nitrogens with zero attached hydrogens (tertiary/aromatic N) is 3. The largest absolute Gasteiger partial charge is 0.444 e. The quantitative estimate of drug-likeness (QED) is 0.241. The summed E-state index contributed by atoms with van der Waals surface area (Å²) in [6, 6.07) is 3.55. The number of carbonyl (C=O) groups excluding carboxylic acids is 2. The summed E-state index contributed by atoms with van der Waals surface area (Å²) in [5.74, 6) is 0.458. The molecule has 0 bridgehead atoms. The molecular weight excluding hydrogens is 475 g/mol. The molecule has 1 aliphatic heterocycles. The molecule has 1 aliphatic rings. The van der Waals surface area contributed by atoms with Crippen molar-refractivity contribution >= 4 is 41.9 Å². The van der Waals surface area contributed by atoms with E-state index < -0.39 is 5.60 Å². The molecule has 1 aromatic rings. The molecular formula is C18H29IN6O3. The maximum atomic E-state index is 11.9. The van der Waals surface area contributed by atoms with Gasteiger partial charge in [0.1, 0.15) is 5.60 Å². The molecule has 28 heavy (non-hydrogen) atoms. The summed E-state index contributed by atoms with van der Waals surface area (Å²) < 4.78 is 5.33. The number of pyridine rings is 1. The van der Waals surface area contributed by atoms with Gasteiger partial charge >= 0.3 is 6.09 Å². The third-order valence-corrected chi connectivity index (χ3v) is 3.72. The van der Waals surface area contributed by atoms with E-state index in [0.29, 0.717) is 37.7 Å². The third kappa shape index (κ3) is 7.87. The number of rotatable bonds is 5. The first kappa shape index (κ1) is 23.9. The summed E-state index contributed by atoms with van der Waals surface area (Å²) in [6.45, 7) is 7.63. The van der Waals surface area contributed by atoms with Crippen LogP contribution >= 0.6 is 24.0 Å². The number of nitrogens with one attached hydrogen (secondary N) is 3. The van der Waals surface area contributed by atoms with Crippen LogP contribution in [0, 0.1) is 0 Å². The van der Waals surface area contributed by atoms with Crippen molar-refractivity contribution in [3.05, 3.63) is 30.1 Å². The minimum absolute atomic E-state index is 0. The molecule has 0 radical (unpaired) electrons. The van der Waals surface area contributed by atoms with Gasteiger partial charge in [0.25, 0.3) is 5.91 Å². The highest BCUT2D eigenvalue weighted by Crippen LogP contribution is 2.15. The smallest absolute Gasteiger partial charge is 0.410 e. The molecule has 0 saturated carbocycles. The van der Waals surface area contributed by atoms with E-state index in [1.54, 1.807) is 30.3 Å². The van der Waals surface area contributed by atoms with Crippen LogP contribution < -0.4 is 16.0 Å². The number of aliphatic imine (C=N–C) groups is 1. The van der Waals surface area contributed by atoms with Gasteiger partial charge in [-0.3, -0.25) is 14.8 Å². The summed E-state index contributed by atoms with van der Waals surface area (Å²) in [6.07, 6.45) is 2.84. The van der Waals surface area contributed by atoms with E-state index in [0.717, 1.165) is 0 Å². The molecule has 3 N–H and O–H groups in total. The molecule has 0 unspecified atom stereocenters. The van der Waals surface area contributed by atoms with Crippen molar-refractivity contribution < 1.29 is 14.3 Å². The van der Waals surface area contributed by atoms with Crippen LogP contribution in [0.25, 0.3) is 0 Å². The summed E-state index contributed by atoms with van der Waals surface area (Å²) in [4.78, 5) is 33.5. The molecule has 0 aromatic carbocycles. The highest BCUT2D eigenvalue weighted by atomic mass is 127. The lowest BCUT2D eigenvalue weighted by atomic mass is 10.1. The van der Waals surface area contributed by atoms with Gasteiger partial charge in [0, 0.05) is 45.6 Å². The van der Waals surface area contributed by atoms with Crippen LogP contribution in [-0.2, 0) is 4.74 Å². The van der Waals surface area contributed by atoms with Gasteiger partial charge in [-0.2, -0.15) is 0 Å². The van der Waals surface area contributed by atoms with Gasteiger partial charge in [-0.15, -0.1) is 24.0 Å². The number of likely N-dealkylation sites (tertiary alicyclic amines) is 1. The van der Waals surface area contributed by atoms with Gasteiger partial charge in [-0.25, -0.2) is 4.79 Å². The zero-order valence-electron chi connectivity index (χ0n) is 16.7. The minimum Gasteiger partial charge on any atom is -0.444 e. The molecule has 2 amide bonds. The van der Waals surface area contributed by atoms with Crippen molar-refractivity contribution in [1.82, 2.24) is 25.8 Å². The lowest BCUT2D eigenvalue weighted by molar-refractivity contribution is 0.00701. The minimum atomic E-state index is -0.493. The fraction of sp³-hybridized carbons (Fsp3) is 0.556. The number of carbonyl (C=O) groups is 2. The number of hydrogen-bond donors (Lipinski definition) is 3. The normalized spacial score (nSPS) is 14.4.